The summed E-state index contributed by atoms with van der Waals surface area (Å²) in [6.07, 6.45) is 6.69. The zero-order valence-electron chi connectivity index (χ0n) is 6.15. The van der Waals surface area contributed by atoms with E-state index in [-0.39, 0.29) is 6.42 Å². The highest BCUT2D eigenvalue weighted by molar-refractivity contribution is 7.87. The number of rotatable bonds is 1. The lowest BCUT2D eigenvalue weighted by Gasteiger charge is -2.20. The number of hydrogen-bond acceptors (Lipinski definition) is 2. The van der Waals surface area contributed by atoms with Crippen LogP contribution >= 0.6 is 0 Å². The highest BCUT2D eigenvalue weighted by atomic mass is 32.2. The van der Waals surface area contributed by atoms with E-state index in [1.807, 2.05) is 0 Å². The molecule has 1 rings (SSSR count). The van der Waals surface area contributed by atoms with Gasteiger partial charge in [0.25, 0.3) is 0 Å². The van der Waals surface area contributed by atoms with Crippen LogP contribution in [0.2, 0.25) is 0 Å². The molecular weight excluding hydrogens is 164 g/mol. The highest BCUT2D eigenvalue weighted by Crippen LogP contribution is 2.25. The largest absolute Gasteiger partial charge is 0.304 e. The van der Waals surface area contributed by atoms with Crippen LogP contribution in [-0.4, -0.2) is 13.2 Å². The average Bonchev–Trinajstić information content (AvgIpc) is 1.87. The quantitative estimate of drug-likeness (QED) is 0.594. The first kappa shape index (κ1) is 8.49. The molecule has 61 valence electrons. The lowest BCUT2D eigenvalue weighted by atomic mass is 10.0. The molecule has 0 heterocycles. The summed E-state index contributed by atoms with van der Waals surface area (Å²) in [7, 11) is -4.21. The molecule has 0 spiro atoms. The number of allylic oxidation sites excluding steroid dienone is 3. The third kappa shape index (κ3) is 1.52. The van der Waals surface area contributed by atoms with Gasteiger partial charge in [0, 0.05) is 0 Å². The predicted octanol–water partition coefficient (Wildman–Crippen LogP) is 1.02. The Morgan fingerprint density at radius 3 is 2.27 bits per heavy atom. The molecule has 0 amide bonds. The van der Waals surface area contributed by atoms with Gasteiger partial charge in [-0.25, -0.2) is 0 Å². The Kier molecular flexibility index (Phi) is 1.90. The molecule has 0 saturated carbocycles. The Bertz CT molecular complexity index is 300. The van der Waals surface area contributed by atoms with Gasteiger partial charge < -0.3 is 0 Å². The van der Waals surface area contributed by atoms with E-state index < -0.39 is 14.9 Å². The Balaban J connectivity index is 3.04. The molecule has 0 aromatic carbocycles. The lowest BCUT2D eigenvalue weighted by molar-refractivity contribution is 0.390. The van der Waals surface area contributed by atoms with Gasteiger partial charge in [-0.15, -0.1) is 0 Å². The minimum atomic E-state index is -4.21. The van der Waals surface area contributed by atoms with Gasteiger partial charge in [0.15, 0.2) is 0 Å². The second kappa shape index (κ2) is 2.46. The van der Waals surface area contributed by atoms with Gasteiger partial charge in [-0.1, -0.05) is 28.9 Å². The maximum absolute atomic E-state index is 10.7. The van der Waals surface area contributed by atoms with Crippen molar-refractivity contribution < 1.29 is 13.0 Å². The first-order chi connectivity index (χ1) is 4.96. The zero-order valence-corrected chi connectivity index (χ0v) is 6.97. The topological polar surface area (TPSA) is 54.0 Å². The Morgan fingerprint density at radius 1 is 1.36 bits per heavy atom. The van der Waals surface area contributed by atoms with E-state index in [2.05, 4.69) is 0 Å². The van der Waals surface area contributed by atoms with Gasteiger partial charge in [0.1, 0.15) is 4.75 Å². The fourth-order valence-corrected chi connectivity index (χ4v) is 1.44. The molecule has 0 aromatic heterocycles. The van der Waals surface area contributed by atoms with Crippen molar-refractivity contribution in [1.82, 2.24) is 0 Å². The molecular formula is C7H9O3S. The predicted molar refractivity (Wildman–Crippen MR) is 40.9 cm³/mol. The molecule has 1 aliphatic carbocycles. The second-order valence-corrected chi connectivity index (χ2v) is 4.60. The first-order valence-corrected chi connectivity index (χ1v) is 4.66. The van der Waals surface area contributed by atoms with Crippen LogP contribution in [0.5, 0.6) is 0 Å². The summed E-state index contributed by atoms with van der Waals surface area (Å²) in [6, 6.07) is 0. The summed E-state index contributed by atoms with van der Waals surface area (Å²) < 4.78 is 30.8. The van der Waals surface area contributed by atoms with E-state index in [0.29, 0.717) is 0 Å². The van der Waals surface area contributed by atoms with Crippen LogP contribution in [0.4, 0.5) is 0 Å². The molecule has 0 fully saturated rings. The minimum absolute atomic E-state index is 0.273. The van der Waals surface area contributed by atoms with Gasteiger partial charge in [-0.2, -0.15) is 8.42 Å². The summed E-state index contributed by atoms with van der Waals surface area (Å²) in [5, 5.41) is 0. The average molecular weight is 173 g/mol. The van der Waals surface area contributed by atoms with Crippen molar-refractivity contribution in [2.24, 2.45) is 0 Å². The van der Waals surface area contributed by atoms with E-state index in [1.165, 1.54) is 13.0 Å². The van der Waals surface area contributed by atoms with Crippen molar-refractivity contribution in [3.63, 3.8) is 0 Å². The molecule has 1 atom stereocenters. The van der Waals surface area contributed by atoms with E-state index in [1.54, 1.807) is 18.2 Å². The monoisotopic (exact) mass is 173 g/mol. The molecule has 0 bridgehead atoms. The minimum Gasteiger partial charge on any atom is -0.196 e. The maximum Gasteiger partial charge on any atom is 0.304 e. The van der Waals surface area contributed by atoms with Crippen LogP contribution < -0.4 is 0 Å². The van der Waals surface area contributed by atoms with Gasteiger partial charge in [0.2, 0.25) is 0 Å². The zero-order chi connectivity index (χ0) is 8.54. The van der Waals surface area contributed by atoms with Gasteiger partial charge in [-0.3, -0.25) is 0 Å². The summed E-state index contributed by atoms with van der Waals surface area (Å²) in [6.45, 7) is 1.43. The van der Waals surface area contributed by atoms with Crippen LogP contribution in [0.3, 0.4) is 0 Å². The number of hydrogen-bond donors (Lipinski definition) is 0. The molecule has 0 N–H and O–H groups in total. The third-order valence-electron chi connectivity index (χ3n) is 1.79. The molecule has 3 nitrogen and oxygen atoms in total. The smallest absolute Gasteiger partial charge is 0.196 e. The Morgan fingerprint density at radius 2 is 2.00 bits per heavy atom. The molecule has 1 aliphatic rings. The summed E-state index contributed by atoms with van der Waals surface area (Å²) >= 11 is 0. The fourth-order valence-electron chi connectivity index (χ4n) is 0.893. The van der Waals surface area contributed by atoms with Crippen molar-refractivity contribution >= 4 is 10.1 Å². The van der Waals surface area contributed by atoms with Crippen molar-refractivity contribution in [3.05, 3.63) is 24.3 Å². The first-order valence-electron chi connectivity index (χ1n) is 3.25. The third-order valence-corrected chi connectivity index (χ3v) is 3.24. The highest BCUT2D eigenvalue weighted by Gasteiger charge is 2.36. The van der Waals surface area contributed by atoms with E-state index in [9.17, 15) is 13.0 Å². The van der Waals surface area contributed by atoms with Gasteiger partial charge >= 0.3 is 10.1 Å². The van der Waals surface area contributed by atoms with E-state index in [4.69, 9.17) is 0 Å². The SMILES string of the molecule is CC1(S([O])(=O)=O)C=CC=CC1. The van der Waals surface area contributed by atoms with Crippen LogP contribution in [0, 0.1) is 0 Å². The van der Waals surface area contributed by atoms with Crippen LogP contribution in [0.25, 0.3) is 0 Å². The summed E-state index contributed by atoms with van der Waals surface area (Å²) in [5.74, 6) is 0. The molecule has 0 aliphatic heterocycles. The lowest BCUT2D eigenvalue weighted by Crippen LogP contribution is -2.31. The van der Waals surface area contributed by atoms with E-state index in [0.717, 1.165) is 0 Å². The van der Waals surface area contributed by atoms with Gasteiger partial charge in [-0.05, 0) is 13.3 Å². The van der Waals surface area contributed by atoms with Crippen molar-refractivity contribution in [3.8, 4) is 0 Å². The van der Waals surface area contributed by atoms with Crippen molar-refractivity contribution in [2.45, 2.75) is 18.1 Å². The molecule has 0 saturated heterocycles. The molecule has 0 aromatic rings. The van der Waals surface area contributed by atoms with Crippen LogP contribution in [-0.2, 0) is 14.7 Å². The summed E-state index contributed by atoms with van der Waals surface area (Å²) in [4.78, 5) is 0. The van der Waals surface area contributed by atoms with Crippen LogP contribution in [0.15, 0.2) is 24.3 Å². The molecule has 1 radical (unpaired) electrons. The van der Waals surface area contributed by atoms with Gasteiger partial charge in [0.05, 0.1) is 0 Å². The molecule has 4 heteroatoms. The van der Waals surface area contributed by atoms with Crippen LogP contribution in [0.1, 0.15) is 13.3 Å². The Hall–Kier alpha value is -0.610. The van der Waals surface area contributed by atoms with Crippen molar-refractivity contribution in [2.75, 3.05) is 0 Å². The fraction of sp³-hybridized carbons (Fsp3) is 0.429. The maximum atomic E-state index is 10.7. The molecule has 11 heavy (non-hydrogen) atoms. The second-order valence-electron chi connectivity index (χ2n) is 2.76. The molecule has 1 unspecified atom stereocenters. The summed E-state index contributed by atoms with van der Waals surface area (Å²) in [5.41, 5.74) is 0. The van der Waals surface area contributed by atoms with E-state index >= 15 is 0 Å². The van der Waals surface area contributed by atoms with Crippen molar-refractivity contribution in [1.29, 1.82) is 0 Å². The Labute approximate surface area is 66.2 Å². The standard InChI is InChI=1S/C7H9O3S/c1-7(11(8,9)10)5-3-2-4-6-7/h2-5H,6H2,1H3. The normalized spacial score (nSPS) is 30.7.